The molecule has 1 atom stereocenters. The Labute approximate surface area is 102 Å². The molecule has 0 bridgehead atoms. The molecule has 0 aliphatic carbocycles. The van der Waals surface area contributed by atoms with E-state index in [0.717, 1.165) is 0 Å². The summed E-state index contributed by atoms with van der Waals surface area (Å²) in [6.45, 7) is 1.49. The molecule has 2 aromatic rings. The molecule has 0 fully saturated rings. The molecule has 0 aliphatic heterocycles. The molecule has 1 N–H and O–H groups in total. The summed E-state index contributed by atoms with van der Waals surface area (Å²) in [6.07, 6.45) is 1.57. The molecule has 8 heteroatoms. The van der Waals surface area contributed by atoms with Crippen LogP contribution >= 0.6 is 0 Å². The Balaban J connectivity index is 2.52. The number of methoxy groups -OCH3 is 1. The minimum atomic E-state index is -1.02. The van der Waals surface area contributed by atoms with E-state index in [2.05, 4.69) is 20.5 Å². The van der Waals surface area contributed by atoms with Crippen molar-refractivity contribution in [1.29, 1.82) is 0 Å². The topological polar surface area (TPSA) is 103 Å². The van der Waals surface area contributed by atoms with Crippen LogP contribution in [0.25, 0.3) is 11.4 Å². The molecule has 0 spiro atoms. The maximum atomic E-state index is 11.0. The van der Waals surface area contributed by atoms with Crippen molar-refractivity contribution in [1.82, 2.24) is 25.2 Å². The molecular formula is C10H11N5O3. The lowest BCUT2D eigenvalue weighted by Crippen LogP contribution is -2.18. The number of carboxylic acid groups (broad SMARTS) is 1. The molecule has 0 saturated heterocycles. The van der Waals surface area contributed by atoms with Crippen molar-refractivity contribution in [3.05, 3.63) is 18.3 Å². The minimum absolute atomic E-state index is 0.301. The Morgan fingerprint density at radius 2 is 2.33 bits per heavy atom. The van der Waals surface area contributed by atoms with Crippen molar-refractivity contribution >= 4 is 5.97 Å². The second-order valence-corrected chi connectivity index (χ2v) is 3.52. The predicted molar refractivity (Wildman–Crippen MR) is 59.9 cm³/mol. The van der Waals surface area contributed by atoms with E-state index in [0.29, 0.717) is 17.3 Å². The van der Waals surface area contributed by atoms with Crippen LogP contribution in [-0.4, -0.2) is 43.4 Å². The summed E-state index contributed by atoms with van der Waals surface area (Å²) in [7, 11) is 1.47. The van der Waals surface area contributed by atoms with Crippen LogP contribution in [0, 0.1) is 0 Å². The molecular weight excluding hydrogens is 238 g/mol. The number of carbonyl (C=O) groups is 1. The van der Waals surface area contributed by atoms with E-state index in [1.54, 1.807) is 18.3 Å². The highest BCUT2D eigenvalue weighted by molar-refractivity contribution is 5.72. The molecule has 8 nitrogen and oxygen atoms in total. The van der Waals surface area contributed by atoms with E-state index in [1.165, 1.54) is 18.7 Å². The molecule has 94 valence electrons. The van der Waals surface area contributed by atoms with Crippen LogP contribution in [0.4, 0.5) is 0 Å². The van der Waals surface area contributed by atoms with Gasteiger partial charge in [0.15, 0.2) is 11.9 Å². The van der Waals surface area contributed by atoms with E-state index in [9.17, 15) is 4.79 Å². The third kappa shape index (κ3) is 1.99. The lowest BCUT2D eigenvalue weighted by molar-refractivity contribution is -0.140. The highest BCUT2D eigenvalue weighted by atomic mass is 16.5. The SMILES string of the molecule is COc1ncccc1-c1nnnn1C(C)C(=O)O. The fourth-order valence-electron chi connectivity index (χ4n) is 1.46. The zero-order chi connectivity index (χ0) is 13.1. The van der Waals surface area contributed by atoms with Gasteiger partial charge in [0, 0.05) is 6.20 Å². The van der Waals surface area contributed by atoms with Crippen LogP contribution in [0.3, 0.4) is 0 Å². The summed E-state index contributed by atoms with van der Waals surface area (Å²) >= 11 is 0. The summed E-state index contributed by atoms with van der Waals surface area (Å²) in [6, 6.07) is 2.53. The van der Waals surface area contributed by atoms with Crippen LogP contribution in [0.1, 0.15) is 13.0 Å². The van der Waals surface area contributed by atoms with Crippen molar-refractivity contribution in [2.24, 2.45) is 0 Å². The molecule has 0 radical (unpaired) electrons. The van der Waals surface area contributed by atoms with Gasteiger partial charge in [-0.15, -0.1) is 5.10 Å². The summed E-state index contributed by atoms with van der Waals surface area (Å²) < 4.78 is 6.31. The van der Waals surface area contributed by atoms with Crippen molar-refractivity contribution in [3.8, 4) is 17.3 Å². The Morgan fingerprint density at radius 3 is 3.00 bits per heavy atom. The number of pyridine rings is 1. The molecule has 1 unspecified atom stereocenters. The van der Waals surface area contributed by atoms with E-state index < -0.39 is 12.0 Å². The van der Waals surface area contributed by atoms with Crippen LogP contribution < -0.4 is 4.74 Å². The van der Waals surface area contributed by atoms with Crippen LogP contribution in [0.15, 0.2) is 18.3 Å². The molecule has 2 heterocycles. The Bertz CT molecular complexity index is 568. The number of aromatic nitrogens is 5. The number of carboxylic acids is 1. The lowest BCUT2D eigenvalue weighted by Gasteiger charge is -2.10. The fraction of sp³-hybridized carbons (Fsp3) is 0.300. The largest absolute Gasteiger partial charge is 0.480 e. The van der Waals surface area contributed by atoms with Gasteiger partial charge in [-0.05, 0) is 29.5 Å². The number of hydrogen-bond acceptors (Lipinski definition) is 6. The van der Waals surface area contributed by atoms with Gasteiger partial charge >= 0.3 is 5.97 Å². The molecule has 2 aromatic heterocycles. The van der Waals surface area contributed by atoms with Crippen molar-refractivity contribution < 1.29 is 14.6 Å². The fourth-order valence-corrected chi connectivity index (χ4v) is 1.46. The summed E-state index contributed by atoms with van der Waals surface area (Å²) in [5, 5.41) is 20.0. The van der Waals surface area contributed by atoms with Crippen molar-refractivity contribution in [3.63, 3.8) is 0 Å². The molecule has 0 saturated carbocycles. The third-order valence-corrected chi connectivity index (χ3v) is 2.42. The highest BCUT2D eigenvalue weighted by Crippen LogP contribution is 2.26. The maximum absolute atomic E-state index is 11.0. The molecule has 18 heavy (non-hydrogen) atoms. The van der Waals surface area contributed by atoms with Gasteiger partial charge in [-0.25, -0.2) is 14.5 Å². The van der Waals surface area contributed by atoms with Gasteiger partial charge in [0.25, 0.3) is 0 Å². The van der Waals surface area contributed by atoms with E-state index in [1.807, 2.05) is 0 Å². The quantitative estimate of drug-likeness (QED) is 0.835. The van der Waals surface area contributed by atoms with Crippen LogP contribution in [0.2, 0.25) is 0 Å². The van der Waals surface area contributed by atoms with E-state index in [4.69, 9.17) is 9.84 Å². The summed E-state index contributed by atoms with van der Waals surface area (Å²) in [5.74, 6) is -0.382. The Hall–Kier alpha value is -2.51. The monoisotopic (exact) mass is 249 g/mol. The number of hydrogen-bond donors (Lipinski definition) is 1. The smallest absolute Gasteiger partial charge is 0.328 e. The van der Waals surface area contributed by atoms with E-state index >= 15 is 0 Å². The minimum Gasteiger partial charge on any atom is -0.480 e. The first-order valence-electron chi connectivity index (χ1n) is 5.15. The summed E-state index contributed by atoms with van der Waals surface area (Å²) in [4.78, 5) is 15.0. The van der Waals surface area contributed by atoms with Gasteiger partial charge in [-0.3, -0.25) is 0 Å². The average Bonchev–Trinajstić information content (AvgIpc) is 2.86. The Morgan fingerprint density at radius 1 is 1.56 bits per heavy atom. The normalized spacial score (nSPS) is 12.1. The van der Waals surface area contributed by atoms with Gasteiger partial charge in [0.2, 0.25) is 5.88 Å². The zero-order valence-corrected chi connectivity index (χ0v) is 9.81. The van der Waals surface area contributed by atoms with Gasteiger partial charge in [-0.1, -0.05) is 0 Å². The second kappa shape index (κ2) is 4.78. The number of ether oxygens (including phenoxy) is 1. The first-order valence-corrected chi connectivity index (χ1v) is 5.15. The van der Waals surface area contributed by atoms with Crippen molar-refractivity contribution in [2.45, 2.75) is 13.0 Å². The average molecular weight is 249 g/mol. The molecule has 0 aromatic carbocycles. The van der Waals surface area contributed by atoms with Gasteiger partial charge in [-0.2, -0.15) is 0 Å². The van der Waals surface area contributed by atoms with Gasteiger partial charge < -0.3 is 9.84 Å². The standard InChI is InChI=1S/C10H11N5O3/c1-6(10(16)17)15-8(12-13-14-15)7-4-3-5-11-9(7)18-2/h3-6H,1-2H3,(H,16,17). The summed E-state index contributed by atoms with van der Waals surface area (Å²) in [5.41, 5.74) is 0.540. The second-order valence-electron chi connectivity index (χ2n) is 3.52. The zero-order valence-electron chi connectivity index (χ0n) is 9.81. The molecule has 0 aliphatic rings. The van der Waals surface area contributed by atoms with E-state index in [-0.39, 0.29) is 0 Å². The third-order valence-electron chi connectivity index (χ3n) is 2.42. The first-order chi connectivity index (χ1) is 8.65. The van der Waals surface area contributed by atoms with Crippen molar-refractivity contribution in [2.75, 3.05) is 7.11 Å². The Kier molecular flexibility index (Phi) is 3.18. The number of rotatable bonds is 4. The molecule has 2 rings (SSSR count). The number of aliphatic carboxylic acids is 1. The van der Waals surface area contributed by atoms with Crippen LogP contribution in [-0.2, 0) is 4.79 Å². The lowest BCUT2D eigenvalue weighted by atomic mass is 10.2. The highest BCUT2D eigenvalue weighted by Gasteiger charge is 2.22. The molecule has 0 amide bonds. The maximum Gasteiger partial charge on any atom is 0.328 e. The number of nitrogens with zero attached hydrogens (tertiary/aromatic N) is 5. The first kappa shape index (κ1) is 12.0. The number of tetrazole rings is 1. The van der Waals surface area contributed by atoms with Crippen LogP contribution in [0.5, 0.6) is 5.88 Å². The van der Waals surface area contributed by atoms with Gasteiger partial charge in [0.1, 0.15) is 0 Å². The predicted octanol–water partition coefficient (Wildman–Crippen LogP) is 0.389. The van der Waals surface area contributed by atoms with Gasteiger partial charge in [0.05, 0.1) is 12.7 Å².